The molecule has 3 heteroatoms. The molecule has 1 saturated heterocycles. The van der Waals surface area contributed by atoms with E-state index in [-0.39, 0.29) is 0 Å². The van der Waals surface area contributed by atoms with Gasteiger partial charge in [-0.15, -0.1) is 12.1 Å². The Labute approximate surface area is 76.3 Å². The van der Waals surface area contributed by atoms with E-state index in [1.54, 1.807) is 0 Å². The fourth-order valence-electron chi connectivity index (χ4n) is 1.87. The zero-order valence-electron chi connectivity index (χ0n) is 9.29. The molecule has 0 N–H and O–H groups in total. The minimum Gasteiger partial charge on any atom is -0.656 e. The van der Waals surface area contributed by atoms with Gasteiger partial charge in [0.1, 0.15) is 0 Å². The van der Waals surface area contributed by atoms with E-state index in [0.29, 0.717) is 12.1 Å². The second-order valence-electron chi connectivity index (χ2n) is 3.99. The van der Waals surface area contributed by atoms with Crippen LogP contribution in [0.3, 0.4) is 0 Å². The molecule has 1 fully saturated rings. The summed E-state index contributed by atoms with van der Waals surface area (Å²) in [5.74, 6) is 0. The second kappa shape index (κ2) is 5.55. The summed E-state index contributed by atoms with van der Waals surface area (Å²) >= 11 is 0. The Hall–Kier alpha value is -1.08. The second-order valence-corrected chi connectivity index (χ2v) is 3.99. The van der Waals surface area contributed by atoms with E-state index in [0.717, 1.165) is 0 Å². The van der Waals surface area contributed by atoms with Crippen molar-refractivity contribution in [3.8, 4) is 0 Å². The van der Waals surface area contributed by atoms with Gasteiger partial charge in [0.2, 0.25) is 0 Å². The monoisotopic (exact) mass is 436 g/mol. The van der Waals surface area contributed by atoms with Gasteiger partial charge in [-0.1, -0.05) is 27.2 Å². The summed E-state index contributed by atoms with van der Waals surface area (Å²) in [5.41, 5.74) is 0. The van der Waals surface area contributed by atoms with Crippen LogP contribution in [0.25, 0.3) is 5.32 Å². The molecule has 1 heterocycles. The van der Waals surface area contributed by atoms with Crippen LogP contribution in [0.1, 0.15) is 33.6 Å². The van der Waals surface area contributed by atoms with Crippen molar-refractivity contribution in [3.05, 3.63) is 5.32 Å². The molecular weight excluding hydrogens is 415 g/mol. The Kier molecular flexibility index (Phi) is 5.09. The average Bonchev–Trinajstić information content (AvgIpc) is 2.36. The van der Waals surface area contributed by atoms with E-state index in [9.17, 15) is 0 Å². The molecule has 0 saturated carbocycles. The Balaban J connectivity index is 0.00000144. The van der Waals surface area contributed by atoms with Crippen LogP contribution >= 0.6 is 0 Å². The number of hydrogen-bond acceptors (Lipinski definition) is 1. The van der Waals surface area contributed by atoms with E-state index < -0.39 is 0 Å². The van der Waals surface area contributed by atoms with Crippen molar-refractivity contribution < 1.29 is 0 Å². The van der Waals surface area contributed by atoms with Gasteiger partial charge in [0.15, 0.2) is 0 Å². The van der Waals surface area contributed by atoms with Crippen molar-refractivity contribution in [2.75, 3.05) is 19.6 Å². The van der Waals surface area contributed by atoms with Crippen LogP contribution in [0.2, 0.25) is 0 Å². The Morgan fingerprint density at radius 1 is 1.46 bits per heavy atom. The largest absolute Gasteiger partial charge is 0.656 e. The summed E-state index contributed by atoms with van der Waals surface area (Å²) in [5, 5.41) is 4.67. The molecule has 0 aromatic rings. The third kappa shape index (κ3) is 3.90. The van der Waals surface area contributed by atoms with Gasteiger partial charge in [-0.3, -0.25) is 0 Å². The Morgan fingerprint density at radius 2 is 2.15 bits per heavy atom. The Bertz CT molecular complexity index is 128. The molecule has 1 aliphatic rings. The maximum atomic E-state index is 4.67. The summed E-state index contributed by atoms with van der Waals surface area (Å²) in [6.07, 6.45) is 2.55. The molecule has 0 radical (unpaired) electrons. The van der Waals surface area contributed by atoms with Crippen LogP contribution in [0.15, 0.2) is 0 Å². The van der Waals surface area contributed by atoms with Gasteiger partial charge >= 0.3 is 0 Å². The smallest absolute Gasteiger partial charge is 0 e. The van der Waals surface area contributed by atoms with Crippen LogP contribution in [-0.2, 0) is 0 Å². The quantitative estimate of drug-likeness (QED) is 0.661. The standard InChI is InChI=1S/C10H21N2.Rf/c1-4-6-12-7-5-10(8-12)11-9(2)3;/h9-10H,4-8H2,1-3H3;/q-1;. The minimum absolute atomic E-state index is 0. The van der Waals surface area contributed by atoms with E-state index in [1.165, 1.54) is 32.5 Å². The van der Waals surface area contributed by atoms with Crippen molar-refractivity contribution in [2.24, 2.45) is 0 Å². The number of rotatable bonds is 4. The molecule has 1 aliphatic heterocycles. The topological polar surface area (TPSA) is 17.3 Å². The predicted octanol–water partition coefficient (Wildman–Crippen LogP) is 2.25. The van der Waals surface area contributed by atoms with Crippen LogP contribution in [-0.4, -0.2) is 36.6 Å². The van der Waals surface area contributed by atoms with E-state index in [2.05, 4.69) is 31.0 Å². The van der Waals surface area contributed by atoms with Crippen molar-refractivity contribution >= 4 is 0 Å². The molecule has 13 heavy (non-hydrogen) atoms. The van der Waals surface area contributed by atoms with Crippen LogP contribution in [0.4, 0.5) is 0 Å². The zero-order chi connectivity index (χ0) is 8.97. The maximum Gasteiger partial charge on any atom is 0 e. The first-order valence-corrected chi connectivity index (χ1v) is 5.14. The van der Waals surface area contributed by atoms with E-state index in [4.69, 9.17) is 0 Å². The van der Waals surface area contributed by atoms with Gasteiger partial charge in [-0.05, 0) is 26.1 Å². The fourth-order valence-corrected chi connectivity index (χ4v) is 1.87. The first kappa shape index (κ1) is 11.9. The predicted molar refractivity (Wildman–Crippen MR) is 53.6 cm³/mol. The molecule has 0 aliphatic carbocycles. The van der Waals surface area contributed by atoms with Crippen molar-refractivity contribution in [2.45, 2.75) is 45.7 Å². The fraction of sp³-hybridized carbons (Fsp3) is 1.00. The third-order valence-electron chi connectivity index (χ3n) is 2.30. The van der Waals surface area contributed by atoms with Crippen LogP contribution in [0.5, 0.6) is 0 Å². The summed E-state index contributed by atoms with van der Waals surface area (Å²) in [6.45, 7) is 10.3. The molecule has 1 unspecified atom stereocenters. The summed E-state index contributed by atoms with van der Waals surface area (Å²) < 4.78 is 0. The number of likely N-dealkylation sites (tertiary alicyclic amines) is 1. The molecule has 0 spiro atoms. The van der Waals surface area contributed by atoms with E-state index >= 15 is 0 Å². The molecule has 1 rings (SSSR count). The van der Waals surface area contributed by atoms with Gasteiger partial charge in [0, 0.05) is 0 Å². The molecule has 0 bridgehead atoms. The average molecular weight is 436 g/mol. The molecule has 1 atom stereocenters. The maximum absolute atomic E-state index is 4.67. The summed E-state index contributed by atoms with van der Waals surface area (Å²) in [7, 11) is 0. The summed E-state index contributed by atoms with van der Waals surface area (Å²) in [4.78, 5) is 2.52. The van der Waals surface area contributed by atoms with Gasteiger partial charge < -0.3 is 10.2 Å². The van der Waals surface area contributed by atoms with Crippen LogP contribution in [0, 0.1) is 0 Å². The first-order valence-electron chi connectivity index (χ1n) is 5.14. The zero-order valence-corrected chi connectivity index (χ0v) is 15.7. The molecule has 0 aromatic heterocycles. The SMILES string of the molecule is CCCN1CCC([N-]C(C)C)C1.[Rf]. The number of nitrogens with zero attached hydrogens (tertiary/aromatic N) is 2. The van der Waals surface area contributed by atoms with Crippen LogP contribution < -0.4 is 0 Å². The van der Waals surface area contributed by atoms with Crippen molar-refractivity contribution in [1.82, 2.24) is 4.90 Å². The van der Waals surface area contributed by atoms with Gasteiger partial charge in [-0.25, -0.2) is 0 Å². The van der Waals surface area contributed by atoms with Crippen molar-refractivity contribution in [1.29, 1.82) is 0 Å². The minimum atomic E-state index is 0. The van der Waals surface area contributed by atoms with E-state index in [1.807, 2.05) is 0 Å². The first-order chi connectivity index (χ1) is 5.72. The van der Waals surface area contributed by atoms with Gasteiger partial charge in [-0.2, -0.15) is 0 Å². The van der Waals surface area contributed by atoms with Gasteiger partial charge in [0.05, 0.1) is 0 Å². The third-order valence-corrected chi connectivity index (χ3v) is 2.30. The van der Waals surface area contributed by atoms with Gasteiger partial charge in [0.25, 0.3) is 0 Å². The molecular formula is C10H21N2Rf-. The number of hydrogen-bond donors (Lipinski definition) is 0. The summed E-state index contributed by atoms with van der Waals surface area (Å²) in [6, 6.07) is 1.13. The molecule has 0 amide bonds. The normalized spacial score (nSPS) is 23.5. The Morgan fingerprint density at radius 3 is 2.69 bits per heavy atom. The molecule has 0 aromatic carbocycles. The molecule has 74 valence electrons. The molecule has 2 nitrogen and oxygen atoms in total. The van der Waals surface area contributed by atoms with Crippen molar-refractivity contribution in [3.63, 3.8) is 0 Å².